The molecule has 0 radical (unpaired) electrons. The molecule has 1 amide bonds. The molecule has 1 aromatic heterocycles. The van der Waals surface area contributed by atoms with Crippen molar-refractivity contribution in [2.75, 3.05) is 11.9 Å². The first-order chi connectivity index (χ1) is 13.3. The van der Waals surface area contributed by atoms with Gasteiger partial charge in [0.1, 0.15) is 5.69 Å². The maximum atomic E-state index is 12.7. The maximum Gasteiger partial charge on any atom is 0.273 e. The van der Waals surface area contributed by atoms with Gasteiger partial charge in [0.05, 0.1) is 10.8 Å². The third-order valence-corrected chi connectivity index (χ3v) is 5.98. The molecule has 3 rings (SSSR count). The number of benzene rings is 2. The quantitative estimate of drug-likeness (QED) is 0.575. The Morgan fingerprint density at radius 1 is 1.18 bits per heavy atom. The van der Waals surface area contributed by atoms with Crippen LogP contribution in [0.2, 0.25) is 5.02 Å². The van der Waals surface area contributed by atoms with Crippen LogP contribution in [0.4, 0.5) is 5.69 Å². The molecule has 0 saturated heterocycles. The lowest BCUT2D eigenvalue weighted by molar-refractivity contribution is 0.102. The van der Waals surface area contributed by atoms with Gasteiger partial charge in [0.2, 0.25) is 10.0 Å². The molecule has 2 aromatic carbocycles. The standard InChI is InChI=1S/C20H20ClN3O3S/c1-3-12-22-28(26,27)13-14-8-10-15(11-9-14)23-20(25)19-18(21)16-6-4-5-7-17(16)24(19)2/h3-11,22H,1,12-13H2,2H3,(H,23,25). The molecular weight excluding hydrogens is 398 g/mol. The smallest absolute Gasteiger partial charge is 0.273 e. The fourth-order valence-electron chi connectivity index (χ4n) is 2.93. The summed E-state index contributed by atoms with van der Waals surface area (Å²) in [4.78, 5) is 12.7. The summed E-state index contributed by atoms with van der Waals surface area (Å²) in [5.74, 6) is -0.485. The Morgan fingerprint density at radius 3 is 2.50 bits per heavy atom. The Labute approximate surface area is 168 Å². The van der Waals surface area contributed by atoms with E-state index in [4.69, 9.17) is 11.6 Å². The zero-order chi connectivity index (χ0) is 20.3. The minimum absolute atomic E-state index is 0.149. The topological polar surface area (TPSA) is 80.2 Å². The first-order valence-electron chi connectivity index (χ1n) is 8.54. The molecule has 0 aliphatic rings. The van der Waals surface area contributed by atoms with Gasteiger partial charge >= 0.3 is 0 Å². The number of amides is 1. The van der Waals surface area contributed by atoms with Crippen molar-refractivity contribution in [1.29, 1.82) is 0 Å². The number of rotatable bonds is 7. The van der Waals surface area contributed by atoms with Crippen LogP contribution in [0.1, 0.15) is 16.1 Å². The summed E-state index contributed by atoms with van der Waals surface area (Å²) in [5.41, 5.74) is 2.39. The largest absolute Gasteiger partial charge is 0.338 e. The minimum atomic E-state index is -3.43. The van der Waals surface area contributed by atoms with Gasteiger partial charge in [-0.05, 0) is 23.8 Å². The molecule has 0 fully saturated rings. The lowest BCUT2D eigenvalue weighted by Gasteiger charge is -2.09. The van der Waals surface area contributed by atoms with E-state index >= 15 is 0 Å². The number of nitrogens with zero attached hydrogens (tertiary/aromatic N) is 1. The van der Waals surface area contributed by atoms with E-state index in [0.29, 0.717) is 22.0 Å². The molecule has 2 N–H and O–H groups in total. The molecule has 146 valence electrons. The number of aryl methyl sites for hydroxylation is 1. The average Bonchev–Trinajstić information content (AvgIpc) is 2.92. The number of sulfonamides is 1. The number of fused-ring (bicyclic) bond motifs is 1. The summed E-state index contributed by atoms with van der Waals surface area (Å²) in [5, 5.41) is 4.01. The predicted molar refractivity (Wildman–Crippen MR) is 113 cm³/mol. The number of halogens is 1. The van der Waals surface area contributed by atoms with Crippen molar-refractivity contribution in [1.82, 2.24) is 9.29 Å². The van der Waals surface area contributed by atoms with Gasteiger partial charge in [-0.15, -0.1) is 6.58 Å². The van der Waals surface area contributed by atoms with Crippen molar-refractivity contribution >= 4 is 44.1 Å². The number of nitrogens with one attached hydrogen (secondary N) is 2. The lowest BCUT2D eigenvalue weighted by atomic mass is 10.2. The molecule has 0 atom stereocenters. The Morgan fingerprint density at radius 2 is 1.86 bits per heavy atom. The average molecular weight is 418 g/mol. The molecule has 8 heteroatoms. The summed E-state index contributed by atoms with van der Waals surface area (Å²) in [6, 6.07) is 14.2. The van der Waals surface area contributed by atoms with Gasteiger partial charge in [0, 0.05) is 30.2 Å². The zero-order valence-corrected chi connectivity index (χ0v) is 16.8. The van der Waals surface area contributed by atoms with Gasteiger partial charge < -0.3 is 9.88 Å². The van der Waals surface area contributed by atoms with Crippen molar-refractivity contribution in [2.24, 2.45) is 7.05 Å². The van der Waals surface area contributed by atoms with Crippen LogP contribution in [0.5, 0.6) is 0 Å². The summed E-state index contributed by atoms with van der Waals surface area (Å²) < 4.78 is 28.0. The number of carbonyl (C=O) groups is 1. The summed E-state index contributed by atoms with van der Waals surface area (Å²) >= 11 is 6.40. The summed E-state index contributed by atoms with van der Waals surface area (Å²) in [7, 11) is -1.65. The molecule has 6 nitrogen and oxygen atoms in total. The zero-order valence-electron chi connectivity index (χ0n) is 15.3. The van der Waals surface area contributed by atoms with Crippen LogP contribution in [0.15, 0.2) is 61.2 Å². The number of para-hydroxylation sites is 1. The van der Waals surface area contributed by atoms with E-state index in [1.165, 1.54) is 6.08 Å². The highest BCUT2D eigenvalue weighted by molar-refractivity contribution is 7.88. The van der Waals surface area contributed by atoms with E-state index in [9.17, 15) is 13.2 Å². The second kappa shape index (κ2) is 8.18. The van der Waals surface area contributed by atoms with Crippen LogP contribution < -0.4 is 10.0 Å². The van der Waals surface area contributed by atoms with Crippen molar-refractivity contribution in [3.63, 3.8) is 0 Å². The van der Waals surface area contributed by atoms with Crippen LogP contribution in [0, 0.1) is 0 Å². The maximum absolute atomic E-state index is 12.7. The Hall–Kier alpha value is -2.61. The highest BCUT2D eigenvalue weighted by atomic mass is 35.5. The summed E-state index contributed by atoms with van der Waals surface area (Å²) in [6.45, 7) is 3.67. The monoisotopic (exact) mass is 417 g/mol. The number of carbonyl (C=O) groups excluding carboxylic acids is 1. The third kappa shape index (κ3) is 4.27. The van der Waals surface area contributed by atoms with Crippen molar-refractivity contribution in [2.45, 2.75) is 5.75 Å². The van der Waals surface area contributed by atoms with Crippen LogP contribution >= 0.6 is 11.6 Å². The molecular formula is C20H20ClN3O3S. The highest BCUT2D eigenvalue weighted by Gasteiger charge is 2.19. The molecule has 0 spiro atoms. The van der Waals surface area contributed by atoms with Crippen molar-refractivity contribution < 1.29 is 13.2 Å². The fourth-order valence-corrected chi connectivity index (χ4v) is 4.41. The van der Waals surface area contributed by atoms with Crippen LogP contribution in [0.25, 0.3) is 10.9 Å². The van der Waals surface area contributed by atoms with Gasteiger partial charge in [-0.3, -0.25) is 4.79 Å². The molecule has 0 unspecified atom stereocenters. The van der Waals surface area contributed by atoms with Crippen LogP contribution in [0.3, 0.4) is 0 Å². The minimum Gasteiger partial charge on any atom is -0.338 e. The number of hydrogen-bond acceptors (Lipinski definition) is 3. The van der Waals surface area contributed by atoms with E-state index in [2.05, 4.69) is 16.6 Å². The molecule has 0 aliphatic heterocycles. The van der Waals surface area contributed by atoms with Crippen LogP contribution in [-0.2, 0) is 22.8 Å². The predicted octanol–water partition coefficient (Wildman–Crippen LogP) is 3.69. The van der Waals surface area contributed by atoms with E-state index in [0.717, 1.165) is 10.9 Å². The van der Waals surface area contributed by atoms with E-state index in [1.807, 2.05) is 24.3 Å². The van der Waals surface area contributed by atoms with Gasteiger partial charge in [-0.1, -0.05) is 48.0 Å². The van der Waals surface area contributed by atoms with E-state index in [1.54, 1.807) is 35.9 Å². The first-order valence-corrected chi connectivity index (χ1v) is 10.6. The van der Waals surface area contributed by atoms with Gasteiger partial charge in [0.25, 0.3) is 5.91 Å². The lowest BCUT2D eigenvalue weighted by Crippen LogP contribution is -2.25. The first kappa shape index (κ1) is 20.1. The normalized spacial score (nSPS) is 11.5. The molecule has 0 bridgehead atoms. The van der Waals surface area contributed by atoms with E-state index in [-0.39, 0.29) is 18.2 Å². The Bertz CT molecular complexity index is 1100. The third-order valence-electron chi connectivity index (χ3n) is 4.28. The highest BCUT2D eigenvalue weighted by Crippen LogP contribution is 2.30. The molecule has 1 heterocycles. The molecule has 0 saturated carbocycles. The SMILES string of the molecule is C=CCNS(=O)(=O)Cc1ccc(NC(=O)c2c(Cl)c3ccccc3n2C)cc1. The second-order valence-electron chi connectivity index (χ2n) is 6.29. The molecule has 28 heavy (non-hydrogen) atoms. The van der Waals surface area contributed by atoms with Gasteiger partial charge in [-0.25, -0.2) is 13.1 Å². The number of hydrogen-bond donors (Lipinski definition) is 2. The number of anilines is 1. The van der Waals surface area contributed by atoms with E-state index < -0.39 is 10.0 Å². The Kier molecular flexibility index (Phi) is 5.88. The summed E-state index contributed by atoms with van der Waals surface area (Å²) in [6.07, 6.45) is 1.48. The number of aromatic nitrogens is 1. The second-order valence-corrected chi connectivity index (χ2v) is 8.47. The Balaban J connectivity index is 1.76. The van der Waals surface area contributed by atoms with Crippen LogP contribution in [-0.4, -0.2) is 25.4 Å². The molecule has 0 aliphatic carbocycles. The van der Waals surface area contributed by atoms with Gasteiger partial charge in [-0.2, -0.15) is 0 Å². The van der Waals surface area contributed by atoms with Gasteiger partial charge in [0.15, 0.2) is 0 Å². The molecule has 3 aromatic rings. The van der Waals surface area contributed by atoms with Crippen molar-refractivity contribution in [3.05, 3.63) is 77.5 Å². The van der Waals surface area contributed by atoms with Crippen molar-refractivity contribution in [3.8, 4) is 0 Å². The fraction of sp³-hybridized carbons (Fsp3) is 0.150.